The van der Waals surface area contributed by atoms with Crippen LogP contribution in [0, 0.1) is 5.82 Å². The molecule has 1 aromatic heterocycles. The fraction of sp³-hybridized carbons (Fsp3) is 0. The molecule has 0 spiro atoms. The van der Waals surface area contributed by atoms with Gasteiger partial charge in [-0.3, -0.25) is 5.10 Å². The maximum atomic E-state index is 12.8. The third-order valence-corrected chi connectivity index (χ3v) is 1.54. The summed E-state index contributed by atoms with van der Waals surface area (Å²) in [5.74, 6) is -0.370. The number of nitrogens with one attached hydrogen (secondary N) is 1. The first-order valence-corrected chi connectivity index (χ1v) is 3.09. The molecular weight excluding hydrogens is 147 g/mol. The molecule has 0 saturated carbocycles. The van der Waals surface area contributed by atoms with E-state index in [-0.39, 0.29) is 11.3 Å². The van der Waals surface area contributed by atoms with Crippen molar-refractivity contribution in [3.8, 4) is 5.75 Å². The lowest BCUT2D eigenvalue weighted by molar-refractivity contribution is 0.480. The van der Waals surface area contributed by atoms with E-state index in [2.05, 4.69) is 10.2 Å². The Balaban J connectivity index is 2.96. The number of hydrogen-bond acceptors (Lipinski definition) is 2. The molecule has 0 aliphatic heterocycles. The molecule has 2 rings (SSSR count). The maximum absolute atomic E-state index is 12.8. The lowest BCUT2D eigenvalue weighted by Crippen LogP contribution is -1.76. The number of aromatic hydroxyl groups is 1. The zero-order valence-electron chi connectivity index (χ0n) is 5.50. The van der Waals surface area contributed by atoms with E-state index in [1.807, 2.05) is 0 Å². The number of H-pyrrole nitrogens is 1. The van der Waals surface area contributed by atoms with E-state index < -0.39 is 5.82 Å². The van der Waals surface area contributed by atoms with E-state index in [0.29, 0.717) is 5.39 Å². The summed E-state index contributed by atoms with van der Waals surface area (Å²) in [5, 5.41) is 15.6. The standard InChI is InChI=1S/C7H5FN2O/c8-5-1-2-6(11)4-3-9-10-7(4)5/h1-3,11H,(H,9,10). The molecule has 4 heteroatoms. The van der Waals surface area contributed by atoms with Gasteiger partial charge in [-0.25, -0.2) is 4.39 Å². The Morgan fingerprint density at radius 2 is 2.27 bits per heavy atom. The topological polar surface area (TPSA) is 48.9 Å². The second-order valence-corrected chi connectivity index (χ2v) is 2.23. The molecule has 0 atom stereocenters. The van der Waals surface area contributed by atoms with Crippen molar-refractivity contribution in [3.05, 3.63) is 24.1 Å². The molecule has 2 N–H and O–H groups in total. The second kappa shape index (κ2) is 1.95. The molecule has 0 saturated heterocycles. The van der Waals surface area contributed by atoms with Crippen molar-refractivity contribution in [2.75, 3.05) is 0 Å². The Labute approximate surface area is 61.5 Å². The number of benzene rings is 1. The van der Waals surface area contributed by atoms with Crippen LogP contribution in [0.4, 0.5) is 4.39 Å². The molecule has 0 aliphatic carbocycles. The Morgan fingerprint density at radius 3 is 3.00 bits per heavy atom. The van der Waals surface area contributed by atoms with Gasteiger partial charge in [0.25, 0.3) is 0 Å². The highest BCUT2D eigenvalue weighted by Crippen LogP contribution is 2.23. The van der Waals surface area contributed by atoms with E-state index in [1.165, 1.54) is 18.3 Å². The van der Waals surface area contributed by atoms with Gasteiger partial charge in [0.2, 0.25) is 0 Å². The Hall–Kier alpha value is -1.58. The maximum Gasteiger partial charge on any atom is 0.149 e. The summed E-state index contributed by atoms with van der Waals surface area (Å²) >= 11 is 0. The number of aromatic nitrogens is 2. The molecule has 0 fully saturated rings. The van der Waals surface area contributed by atoms with Crippen molar-refractivity contribution >= 4 is 10.9 Å². The van der Waals surface area contributed by atoms with Gasteiger partial charge in [-0.2, -0.15) is 5.10 Å². The van der Waals surface area contributed by atoms with Crippen LogP contribution < -0.4 is 0 Å². The number of rotatable bonds is 0. The van der Waals surface area contributed by atoms with E-state index >= 15 is 0 Å². The molecule has 1 heterocycles. The molecule has 11 heavy (non-hydrogen) atoms. The molecule has 2 aromatic rings. The van der Waals surface area contributed by atoms with Gasteiger partial charge in [0.15, 0.2) is 0 Å². The molecule has 0 bridgehead atoms. The highest BCUT2D eigenvalue weighted by molar-refractivity contribution is 5.84. The largest absolute Gasteiger partial charge is 0.507 e. The van der Waals surface area contributed by atoms with E-state index in [1.54, 1.807) is 0 Å². The molecule has 56 valence electrons. The van der Waals surface area contributed by atoms with Crippen molar-refractivity contribution in [3.63, 3.8) is 0 Å². The fourth-order valence-corrected chi connectivity index (χ4v) is 0.988. The number of hydrogen-bond donors (Lipinski definition) is 2. The number of phenolic OH excluding ortho intramolecular Hbond substituents is 1. The minimum atomic E-state index is -0.407. The van der Waals surface area contributed by atoms with Crippen LogP contribution in [0.2, 0.25) is 0 Å². The average Bonchev–Trinajstić information content (AvgIpc) is 2.45. The van der Waals surface area contributed by atoms with Crippen LogP contribution in [0.5, 0.6) is 5.75 Å². The van der Waals surface area contributed by atoms with Crippen molar-refractivity contribution in [2.24, 2.45) is 0 Å². The summed E-state index contributed by atoms with van der Waals surface area (Å²) in [6.45, 7) is 0. The van der Waals surface area contributed by atoms with Gasteiger partial charge in [0.1, 0.15) is 17.1 Å². The monoisotopic (exact) mass is 152 g/mol. The third-order valence-electron chi connectivity index (χ3n) is 1.54. The van der Waals surface area contributed by atoms with Gasteiger partial charge in [-0.1, -0.05) is 0 Å². The number of aromatic amines is 1. The molecule has 0 aliphatic rings. The average molecular weight is 152 g/mol. The fourth-order valence-electron chi connectivity index (χ4n) is 0.988. The summed E-state index contributed by atoms with van der Waals surface area (Å²) in [6.07, 6.45) is 1.38. The van der Waals surface area contributed by atoms with Crippen LogP contribution in [0.3, 0.4) is 0 Å². The normalized spacial score (nSPS) is 10.6. The molecule has 3 nitrogen and oxygen atoms in total. The number of nitrogens with zero attached hydrogens (tertiary/aromatic N) is 1. The molecule has 1 aromatic carbocycles. The zero-order chi connectivity index (χ0) is 7.84. The van der Waals surface area contributed by atoms with E-state index in [0.717, 1.165) is 0 Å². The summed E-state index contributed by atoms with van der Waals surface area (Å²) in [4.78, 5) is 0. The molecular formula is C7H5FN2O. The summed E-state index contributed by atoms with van der Waals surface area (Å²) in [5.41, 5.74) is 0.241. The van der Waals surface area contributed by atoms with Crippen molar-refractivity contribution < 1.29 is 9.50 Å². The number of halogens is 1. The molecule has 0 radical (unpaired) electrons. The summed E-state index contributed by atoms with van der Waals surface area (Å²) in [7, 11) is 0. The van der Waals surface area contributed by atoms with Crippen molar-refractivity contribution in [1.82, 2.24) is 10.2 Å². The molecule has 0 amide bonds. The first-order valence-electron chi connectivity index (χ1n) is 3.09. The Morgan fingerprint density at radius 1 is 1.45 bits per heavy atom. The highest BCUT2D eigenvalue weighted by Gasteiger charge is 2.05. The van der Waals surface area contributed by atoms with Crippen LogP contribution in [0.1, 0.15) is 0 Å². The van der Waals surface area contributed by atoms with Gasteiger partial charge in [-0.05, 0) is 12.1 Å². The predicted molar refractivity (Wildman–Crippen MR) is 37.7 cm³/mol. The van der Waals surface area contributed by atoms with Crippen LogP contribution in [0.25, 0.3) is 10.9 Å². The van der Waals surface area contributed by atoms with Gasteiger partial charge >= 0.3 is 0 Å². The minimum absolute atomic E-state index is 0.0372. The van der Waals surface area contributed by atoms with E-state index in [4.69, 9.17) is 5.11 Å². The van der Waals surface area contributed by atoms with Crippen molar-refractivity contribution in [2.45, 2.75) is 0 Å². The zero-order valence-corrected chi connectivity index (χ0v) is 5.50. The minimum Gasteiger partial charge on any atom is -0.507 e. The first-order chi connectivity index (χ1) is 5.29. The Kier molecular flexibility index (Phi) is 1.09. The van der Waals surface area contributed by atoms with Gasteiger partial charge < -0.3 is 5.11 Å². The van der Waals surface area contributed by atoms with Gasteiger partial charge in [0.05, 0.1) is 11.6 Å². The summed E-state index contributed by atoms with van der Waals surface area (Å²) < 4.78 is 12.8. The molecule has 0 unspecified atom stereocenters. The number of phenols is 1. The second-order valence-electron chi connectivity index (χ2n) is 2.23. The quantitative estimate of drug-likeness (QED) is 0.599. The third kappa shape index (κ3) is 0.756. The smallest absolute Gasteiger partial charge is 0.149 e. The number of fused-ring (bicyclic) bond motifs is 1. The van der Waals surface area contributed by atoms with Crippen LogP contribution in [0.15, 0.2) is 18.3 Å². The van der Waals surface area contributed by atoms with Crippen LogP contribution >= 0.6 is 0 Å². The first kappa shape index (κ1) is 6.15. The van der Waals surface area contributed by atoms with Gasteiger partial charge in [-0.15, -0.1) is 0 Å². The van der Waals surface area contributed by atoms with Crippen LogP contribution in [-0.2, 0) is 0 Å². The van der Waals surface area contributed by atoms with Crippen LogP contribution in [-0.4, -0.2) is 15.3 Å². The Bertz CT molecular complexity index is 360. The predicted octanol–water partition coefficient (Wildman–Crippen LogP) is 1.41. The lowest BCUT2D eigenvalue weighted by atomic mass is 10.2. The summed E-state index contributed by atoms with van der Waals surface area (Å²) in [6, 6.07) is 2.49. The SMILES string of the molecule is Oc1ccc(F)c2[nH]ncc12. The van der Waals surface area contributed by atoms with Crippen molar-refractivity contribution in [1.29, 1.82) is 0 Å². The highest BCUT2D eigenvalue weighted by atomic mass is 19.1. The van der Waals surface area contributed by atoms with Gasteiger partial charge in [0, 0.05) is 0 Å². The van der Waals surface area contributed by atoms with E-state index in [9.17, 15) is 4.39 Å². The lowest BCUT2D eigenvalue weighted by Gasteiger charge is -1.93.